The van der Waals surface area contributed by atoms with Crippen LogP contribution in [0.5, 0.6) is 23.0 Å². The summed E-state index contributed by atoms with van der Waals surface area (Å²) in [5.74, 6) is 3.09. The molecule has 0 radical (unpaired) electrons. The zero-order valence-corrected chi connectivity index (χ0v) is 15.4. The molecule has 0 unspecified atom stereocenters. The van der Waals surface area contributed by atoms with Crippen LogP contribution in [0.4, 0.5) is 5.69 Å². The summed E-state index contributed by atoms with van der Waals surface area (Å²) in [6.45, 7) is 3.83. The molecule has 0 saturated carbocycles. The van der Waals surface area contributed by atoms with Crippen molar-refractivity contribution in [3.8, 4) is 23.0 Å². The number of hydrogen-bond donors (Lipinski definition) is 1. The lowest BCUT2D eigenvalue weighted by Crippen LogP contribution is -2.37. The van der Waals surface area contributed by atoms with Gasteiger partial charge in [0.05, 0.1) is 13.7 Å². The summed E-state index contributed by atoms with van der Waals surface area (Å²) >= 11 is 0. The summed E-state index contributed by atoms with van der Waals surface area (Å²) in [5.41, 5.74) is 3.37. The van der Waals surface area contributed by atoms with Crippen LogP contribution in [0.3, 0.4) is 0 Å². The lowest BCUT2D eigenvalue weighted by molar-refractivity contribution is 0.170. The normalized spacial score (nSPS) is 18.3. The fourth-order valence-electron chi connectivity index (χ4n) is 3.59. The molecule has 1 N–H and O–H groups in total. The minimum Gasteiger partial charge on any atom is -0.494 e. The van der Waals surface area contributed by atoms with Gasteiger partial charge in [0.25, 0.3) is 0 Å². The van der Waals surface area contributed by atoms with Gasteiger partial charge in [0.1, 0.15) is 11.9 Å². The maximum Gasteiger partial charge on any atom is 0.231 e. The van der Waals surface area contributed by atoms with Crippen LogP contribution in [0.1, 0.15) is 24.2 Å². The van der Waals surface area contributed by atoms with Crippen molar-refractivity contribution in [1.82, 2.24) is 4.90 Å². The van der Waals surface area contributed by atoms with E-state index in [1.807, 2.05) is 31.2 Å². The minimum atomic E-state index is -0.0128. The number of methoxy groups -OCH3 is 1. The topological polar surface area (TPSA) is 52.2 Å². The van der Waals surface area contributed by atoms with Crippen molar-refractivity contribution in [3.63, 3.8) is 0 Å². The molecule has 0 aliphatic carbocycles. The highest BCUT2D eigenvalue weighted by Crippen LogP contribution is 2.49. The first kappa shape index (κ1) is 16.8. The van der Waals surface area contributed by atoms with Crippen molar-refractivity contribution in [1.29, 1.82) is 0 Å². The van der Waals surface area contributed by atoms with Gasteiger partial charge < -0.3 is 24.3 Å². The van der Waals surface area contributed by atoms with Crippen molar-refractivity contribution >= 4 is 5.69 Å². The Morgan fingerprint density at radius 1 is 1.23 bits per heavy atom. The van der Waals surface area contributed by atoms with Crippen molar-refractivity contribution in [2.45, 2.75) is 19.5 Å². The van der Waals surface area contributed by atoms with E-state index in [4.69, 9.17) is 18.9 Å². The van der Waals surface area contributed by atoms with Gasteiger partial charge in [-0.1, -0.05) is 0 Å². The maximum absolute atomic E-state index is 5.73. The van der Waals surface area contributed by atoms with Crippen LogP contribution in [0.15, 0.2) is 30.3 Å². The quantitative estimate of drug-likeness (QED) is 0.886. The van der Waals surface area contributed by atoms with E-state index in [1.165, 1.54) is 5.56 Å². The number of ether oxygens (including phenoxy) is 4. The van der Waals surface area contributed by atoms with Crippen LogP contribution >= 0.6 is 0 Å². The van der Waals surface area contributed by atoms with Gasteiger partial charge in [0, 0.05) is 17.8 Å². The van der Waals surface area contributed by atoms with E-state index in [1.54, 1.807) is 7.11 Å². The minimum absolute atomic E-state index is 0.0128. The molecule has 0 amide bonds. The fraction of sp³-hybridized carbons (Fsp3) is 0.400. The fourth-order valence-corrected chi connectivity index (χ4v) is 3.59. The van der Waals surface area contributed by atoms with Crippen molar-refractivity contribution in [2.75, 3.05) is 39.4 Å². The second-order valence-electron chi connectivity index (χ2n) is 6.45. The molecular weight excluding hydrogens is 332 g/mol. The maximum atomic E-state index is 5.73. The third kappa shape index (κ3) is 2.90. The molecule has 1 atom stereocenters. The average molecular weight is 356 g/mol. The number of likely N-dealkylation sites (N-methyl/N-ethyl adjacent to an activating group) is 1. The van der Waals surface area contributed by atoms with E-state index in [9.17, 15) is 0 Å². The molecule has 2 aromatic rings. The second kappa shape index (κ2) is 6.96. The van der Waals surface area contributed by atoms with Crippen LogP contribution in [0.25, 0.3) is 0 Å². The molecule has 2 aliphatic rings. The second-order valence-corrected chi connectivity index (χ2v) is 6.45. The molecule has 4 rings (SSSR count). The van der Waals surface area contributed by atoms with Gasteiger partial charge in [-0.05, 0) is 56.3 Å². The molecule has 2 heterocycles. The first-order chi connectivity index (χ1) is 12.7. The van der Waals surface area contributed by atoms with E-state index in [2.05, 4.69) is 23.3 Å². The Hall–Kier alpha value is -2.60. The SMILES string of the molecule is CCOc1ccc(N[C@H]2c3c(cc4c(c3OC)OCO4)CCN2C)cc1. The van der Waals surface area contributed by atoms with Gasteiger partial charge in [-0.3, -0.25) is 4.90 Å². The molecule has 2 aromatic carbocycles. The van der Waals surface area contributed by atoms with Crippen molar-refractivity contribution in [3.05, 3.63) is 41.5 Å². The van der Waals surface area contributed by atoms with Gasteiger partial charge in [-0.25, -0.2) is 0 Å². The van der Waals surface area contributed by atoms with Gasteiger partial charge in [0.2, 0.25) is 12.5 Å². The number of hydrogen-bond acceptors (Lipinski definition) is 6. The lowest BCUT2D eigenvalue weighted by Gasteiger charge is -2.36. The number of nitrogens with zero attached hydrogens (tertiary/aromatic N) is 1. The van der Waals surface area contributed by atoms with Crippen molar-refractivity contribution < 1.29 is 18.9 Å². The molecule has 0 saturated heterocycles. The molecule has 2 aliphatic heterocycles. The predicted octanol–water partition coefficient (Wildman–Crippen LogP) is 3.42. The van der Waals surface area contributed by atoms with E-state index >= 15 is 0 Å². The largest absolute Gasteiger partial charge is 0.494 e. The van der Waals surface area contributed by atoms with Crippen LogP contribution < -0.4 is 24.3 Å². The number of rotatable bonds is 5. The smallest absolute Gasteiger partial charge is 0.231 e. The van der Waals surface area contributed by atoms with Gasteiger partial charge in [-0.15, -0.1) is 0 Å². The molecule has 0 aromatic heterocycles. The summed E-state index contributed by atoms with van der Waals surface area (Å²) in [7, 11) is 3.79. The van der Waals surface area contributed by atoms with Crippen LogP contribution in [0.2, 0.25) is 0 Å². The van der Waals surface area contributed by atoms with Crippen LogP contribution in [-0.4, -0.2) is 39.0 Å². The first-order valence-electron chi connectivity index (χ1n) is 8.90. The predicted molar refractivity (Wildman–Crippen MR) is 99.4 cm³/mol. The third-order valence-electron chi connectivity index (χ3n) is 4.86. The zero-order chi connectivity index (χ0) is 18.1. The summed E-state index contributed by atoms with van der Waals surface area (Å²) in [6, 6.07) is 10.1. The highest BCUT2D eigenvalue weighted by molar-refractivity contribution is 5.63. The molecule has 26 heavy (non-hydrogen) atoms. The van der Waals surface area contributed by atoms with Gasteiger partial charge >= 0.3 is 0 Å². The molecule has 0 fully saturated rings. The van der Waals surface area contributed by atoms with Gasteiger partial charge in [0.15, 0.2) is 11.5 Å². The Morgan fingerprint density at radius 2 is 2.04 bits per heavy atom. The van der Waals surface area contributed by atoms with E-state index in [-0.39, 0.29) is 13.0 Å². The molecule has 0 bridgehead atoms. The summed E-state index contributed by atoms with van der Waals surface area (Å²) in [4.78, 5) is 2.28. The molecular formula is C20H24N2O4. The first-order valence-corrected chi connectivity index (χ1v) is 8.90. The zero-order valence-electron chi connectivity index (χ0n) is 15.4. The summed E-state index contributed by atoms with van der Waals surface area (Å²) in [6.07, 6.45) is 0.932. The Morgan fingerprint density at radius 3 is 2.77 bits per heavy atom. The van der Waals surface area contributed by atoms with E-state index in [0.717, 1.165) is 41.5 Å². The Labute approximate surface area is 153 Å². The average Bonchev–Trinajstić information content (AvgIpc) is 3.12. The highest BCUT2D eigenvalue weighted by atomic mass is 16.7. The summed E-state index contributed by atoms with van der Waals surface area (Å²) < 4.78 is 22.5. The molecule has 6 heteroatoms. The molecule has 6 nitrogen and oxygen atoms in total. The summed E-state index contributed by atoms with van der Waals surface area (Å²) in [5, 5.41) is 3.62. The third-order valence-corrected chi connectivity index (χ3v) is 4.86. The van der Waals surface area contributed by atoms with Crippen molar-refractivity contribution in [2.24, 2.45) is 0 Å². The number of benzene rings is 2. The van der Waals surface area contributed by atoms with Crippen LogP contribution in [-0.2, 0) is 6.42 Å². The number of anilines is 1. The lowest BCUT2D eigenvalue weighted by atomic mass is 9.94. The Bertz CT molecular complexity index is 791. The van der Waals surface area contributed by atoms with Crippen LogP contribution in [0, 0.1) is 0 Å². The number of nitrogens with one attached hydrogen (secondary N) is 1. The van der Waals surface area contributed by atoms with Gasteiger partial charge in [-0.2, -0.15) is 0 Å². The number of fused-ring (bicyclic) bond motifs is 2. The van der Waals surface area contributed by atoms with E-state index in [0.29, 0.717) is 12.4 Å². The highest BCUT2D eigenvalue weighted by Gasteiger charge is 2.33. The van der Waals surface area contributed by atoms with E-state index < -0.39 is 0 Å². The Balaban J connectivity index is 1.69. The standard InChI is InChI=1S/C20H24N2O4/c1-4-24-15-7-5-14(6-8-15)21-20-17-13(9-10-22(20)2)11-16-18(19(17)23-3)26-12-25-16/h5-8,11,20-21H,4,9-10,12H2,1-3H3/t20-/m1/s1. The molecule has 0 spiro atoms. The molecule has 138 valence electrons. The monoisotopic (exact) mass is 356 g/mol. The Kier molecular flexibility index (Phi) is 4.51.